The third-order valence-corrected chi connectivity index (χ3v) is 7.76. The van der Waals surface area contributed by atoms with Crippen molar-refractivity contribution in [1.82, 2.24) is 10.6 Å². The summed E-state index contributed by atoms with van der Waals surface area (Å²) in [7, 11) is 1.18. The number of aliphatic imine (C=N–C) groups is 1. The summed E-state index contributed by atoms with van der Waals surface area (Å²) in [4.78, 5) is 4.42. The zero-order valence-corrected chi connectivity index (χ0v) is 16.9. The Balaban J connectivity index is 1.82. The molecule has 5 heteroatoms. The Morgan fingerprint density at radius 2 is 1.88 bits per heavy atom. The maximum absolute atomic E-state index is 12.1. The normalized spacial score (nSPS) is 27.9. The smallest absolute Gasteiger partial charge is 0.191 e. The molecule has 2 aliphatic carbocycles. The highest BCUT2D eigenvalue weighted by molar-refractivity contribution is 7.85. The van der Waals surface area contributed by atoms with E-state index in [4.69, 9.17) is 0 Å². The van der Waals surface area contributed by atoms with Crippen LogP contribution in [0.3, 0.4) is 0 Å². The van der Waals surface area contributed by atoms with Crippen LogP contribution in [0.2, 0.25) is 0 Å². The lowest BCUT2D eigenvalue weighted by molar-refractivity contribution is 0.217. The minimum absolute atomic E-state index is 0.312. The molecule has 0 aromatic rings. The molecule has 0 saturated heterocycles. The van der Waals surface area contributed by atoms with Crippen LogP contribution in [0.5, 0.6) is 0 Å². The van der Waals surface area contributed by atoms with Crippen molar-refractivity contribution in [2.75, 3.05) is 19.3 Å². The molecule has 4 nitrogen and oxygen atoms in total. The van der Waals surface area contributed by atoms with Gasteiger partial charge in [0, 0.05) is 41.4 Å². The lowest BCUT2D eigenvalue weighted by Gasteiger charge is -2.34. The summed E-state index contributed by atoms with van der Waals surface area (Å²) >= 11 is 0. The first-order valence-electron chi connectivity index (χ1n) is 9.80. The van der Waals surface area contributed by atoms with Gasteiger partial charge in [0.2, 0.25) is 0 Å². The first-order valence-corrected chi connectivity index (χ1v) is 11.2. The number of hydrogen-bond acceptors (Lipinski definition) is 2. The standard InChI is InChI=1S/C19H37N3OS/c1-5-24(23)17-12-8-11-16(13-17)22-18(20-4)21-14-19(2,3)15-9-6-7-10-15/h15-17H,5-14H2,1-4H3,(H2,20,21,22). The van der Waals surface area contributed by atoms with Gasteiger partial charge in [0.25, 0.3) is 0 Å². The second-order valence-corrected chi connectivity index (χ2v) is 10.2. The Hall–Kier alpha value is -0.580. The first-order chi connectivity index (χ1) is 11.5. The molecule has 0 amide bonds. The lowest BCUT2D eigenvalue weighted by atomic mass is 9.78. The van der Waals surface area contributed by atoms with E-state index in [0.717, 1.165) is 43.4 Å². The van der Waals surface area contributed by atoms with Crippen LogP contribution in [-0.4, -0.2) is 40.8 Å². The van der Waals surface area contributed by atoms with Gasteiger partial charge in [-0.3, -0.25) is 9.20 Å². The molecule has 2 N–H and O–H groups in total. The van der Waals surface area contributed by atoms with E-state index in [-0.39, 0.29) is 0 Å². The Kier molecular flexibility index (Phi) is 7.58. The predicted molar refractivity (Wildman–Crippen MR) is 105 cm³/mol. The van der Waals surface area contributed by atoms with E-state index in [1.54, 1.807) is 0 Å². The topological polar surface area (TPSA) is 53.5 Å². The summed E-state index contributed by atoms with van der Waals surface area (Å²) in [6.07, 6.45) is 9.95. The molecule has 0 heterocycles. The fourth-order valence-electron chi connectivity index (χ4n) is 4.30. The average molecular weight is 356 g/mol. The van der Waals surface area contributed by atoms with Gasteiger partial charge in [-0.2, -0.15) is 0 Å². The lowest BCUT2D eigenvalue weighted by Crippen LogP contribution is -2.49. The van der Waals surface area contributed by atoms with E-state index in [1.807, 2.05) is 14.0 Å². The van der Waals surface area contributed by atoms with Crippen LogP contribution in [-0.2, 0) is 10.8 Å². The highest BCUT2D eigenvalue weighted by atomic mass is 32.2. The molecule has 3 atom stereocenters. The van der Waals surface area contributed by atoms with E-state index >= 15 is 0 Å². The Labute approximate surface area is 151 Å². The van der Waals surface area contributed by atoms with Crippen molar-refractivity contribution in [3.05, 3.63) is 0 Å². The molecule has 0 aromatic heterocycles. The third kappa shape index (κ3) is 5.47. The fourth-order valence-corrected chi connectivity index (χ4v) is 5.65. The van der Waals surface area contributed by atoms with Gasteiger partial charge in [0.15, 0.2) is 5.96 Å². The van der Waals surface area contributed by atoms with Gasteiger partial charge in [-0.25, -0.2) is 0 Å². The van der Waals surface area contributed by atoms with Gasteiger partial charge >= 0.3 is 0 Å². The van der Waals surface area contributed by atoms with E-state index in [0.29, 0.717) is 16.7 Å². The molecule has 0 radical (unpaired) electrons. The van der Waals surface area contributed by atoms with Gasteiger partial charge in [0.05, 0.1) is 0 Å². The molecular formula is C19H37N3OS. The largest absolute Gasteiger partial charge is 0.356 e. The molecule has 0 bridgehead atoms. The first kappa shape index (κ1) is 19.7. The van der Waals surface area contributed by atoms with Gasteiger partial charge in [0.1, 0.15) is 0 Å². The summed E-state index contributed by atoms with van der Waals surface area (Å²) in [5, 5.41) is 7.49. The second kappa shape index (κ2) is 9.21. The number of rotatable bonds is 6. The van der Waals surface area contributed by atoms with Crippen molar-refractivity contribution < 1.29 is 4.21 Å². The molecule has 2 rings (SSSR count). The Bertz CT molecular complexity index is 444. The van der Waals surface area contributed by atoms with Crippen LogP contribution >= 0.6 is 0 Å². The van der Waals surface area contributed by atoms with Crippen LogP contribution < -0.4 is 10.6 Å². The average Bonchev–Trinajstić information content (AvgIpc) is 3.13. The number of nitrogens with zero attached hydrogens (tertiary/aromatic N) is 1. The molecule has 3 unspecified atom stereocenters. The Morgan fingerprint density at radius 1 is 1.17 bits per heavy atom. The minimum atomic E-state index is -0.671. The van der Waals surface area contributed by atoms with Crippen molar-refractivity contribution in [2.24, 2.45) is 16.3 Å². The zero-order valence-electron chi connectivity index (χ0n) is 16.1. The van der Waals surface area contributed by atoms with E-state index in [1.165, 1.54) is 32.1 Å². The molecule has 0 spiro atoms. The molecule has 2 saturated carbocycles. The molecule has 0 aromatic carbocycles. The summed E-state index contributed by atoms with van der Waals surface area (Å²) in [6.45, 7) is 7.75. The fraction of sp³-hybridized carbons (Fsp3) is 0.947. The summed E-state index contributed by atoms with van der Waals surface area (Å²) in [5.41, 5.74) is 0.312. The van der Waals surface area contributed by atoms with E-state index in [2.05, 4.69) is 29.5 Å². The van der Waals surface area contributed by atoms with Crippen molar-refractivity contribution in [3.63, 3.8) is 0 Å². The second-order valence-electron chi connectivity index (χ2n) is 8.20. The van der Waals surface area contributed by atoms with Crippen molar-refractivity contribution in [1.29, 1.82) is 0 Å². The van der Waals surface area contributed by atoms with E-state index in [9.17, 15) is 4.21 Å². The molecule has 2 aliphatic rings. The zero-order chi connectivity index (χ0) is 17.6. The van der Waals surface area contributed by atoms with Crippen molar-refractivity contribution in [2.45, 2.75) is 83.4 Å². The van der Waals surface area contributed by atoms with E-state index < -0.39 is 10.8 Å². The third-order valence-electron chi connectivity index (χ3n) is 6.02. The summed E-state index contributed by atoms with van der Waals surface area (Å²) in [5.74, 6) is 2.52. The molecule has 140 valence electrons. The number of nitrogens with one attached hydrogen (secondary N) is 2. The monoisotopic (exact) mass is 355 g/mol. The van der Waals surface area contributed by atoms with Crippen LogP contribution in [0, 0.1) is 11.3 Å². The predicted octanol–water partition coefficient (Wildman–Crippen LogP) is 3.45. The maximum atomic E-state index is 12.1. The SMILES string of the molecule is CCS(=O)C1CCCC(NC(=NC)NCC(C)(C)C2CCCC2)C1. The van der Waals surface area contributed by atoms with Gasteiger partial charge in [-0.05, 0) is 43.4 Å². The van der Waals surface area contributed by atoms with Crippen LogP contribution in [0.4, 0.5) is 0 Å². The van der Waals surface area contributed by atoms with Crippen LogP contribution in [0.15, 0.2) is 4.99 Å². The van der Waals surface area contributed by atoms with Crippen molar-refractivity contribution in [3.8, 4) is 0 Å². The highest BCUT2D eigenvalue weighted by Gasteiger charge is 2.32. The van der Waals surface area contributed by atoms with Gasteiger partial charge in [-0.15, -0.1) is 0 Å². The minimum Gasteiger partial charge on any atom is -0.356 e. The maximum Gasteiger partial charge on any atom is 0.191 e. The molecule has 24 heavy (non-hydrogen) atoms. The number of guanidine groups is 1. The van der Waals surface area contributed by atoms with Crippen LogP contribution in [0.1, 0.15) is 72.1 Å². The van der Waals surface area contributed by atoms with Crippen LogP contribution in [0.25, 0.3) is 0 Å². The number of hydrogen-bond donors (Lipinski definition) is 2. The molecule has 0 aliphatic heterocycles. The Morgan fingerprint density at radius 3 is 2.50 bits per heavy atom. The quantitative estimate of drug-likeness (QED) is 0.567. The summed E-state index contributed by atoms with van der Waals surface area (Å²) in [6, 6.07) is 0.403. The summed E-state index contributed by atoms with van der Waals surface area (Å²) < 4.78 is 12.1. The molecule has 2 fully saturated rings. The van der Waals surface area contributed by atoms with Gasteiger partial charge in [-0.1, -0.05) is 40.0 Å². The van der Waals surface area contributed by atoms with Gasteiger partial charge < -0.3 is 10.6 Å². The molecular weight excluding hydrogens is 318 g/mol. The van der Waals surface area contributed by atoms with Crippen molar-refractivity contribution >= 4 is 16.8 Å². The highest BCUT2D eigenvalue weighted by Crippen LogP contribution is 2.39.